The van der Waals surface area contributed by atoms with Gasteiger partial charge in [-0.3, -0.25) is 4.79 Å². The topological polar surface area (TPSA) is 55.8 Å². The van der Waals surface area contributed by atoms with Gasteiger partial charge in [0.2, 0.25) is 5.91 Å². The molecule has 0 radical (unpaired) electrons. The molecule has 5 heteroatoms. The second-order valence-electron chi connectivity index (χ2n) is 8.57. The number of carbonyl (C=O) groups excluding carboxylic acids is 2. The minimum absolute atomic E-state index is 0.0167. The van der Waals surface area contributed by atoms with Gasteiger partial charge in [0.1, 0.15) is 18.0 Å². The van der Waals surface area contributed by atoms with Gasteiger partial charge in [0, 0.05) is 6.42 Å². The maximum absolute atomic E-state index is 12.9. The van der Waals surface area contributed by atoms with Gasteiger partial charge in [0.25, 0.3) is 0 Å². The van der Waals surface area contributed by atoms with Crippen LogP contribution in [0, 0.1) is 0 Å². The van der Waals surface area contributed by atoms with E-state index in [1.54, 1.807) is 0 Å². The SMILES string of the molecule is CC(CC(=O)N1C(=O)OCC1Cc1ccccc1)c1ccc(OC(C)(C)C)cc1. The third kappa shape index (κ3) is 5.59. The number of hydrogen-bond donors (Lipinski definition) is 0. The Kier molecular flexibility index (Phi) is 6.26. The van der Waals surface area contributed by atoms with E-state index in [9.17, 15) is 9.59 Å². The number of amides is 2. The predicted molar refractivity (Wildman–Crippen MR) is 112 cm³/mol. The van der Waals surface area contributed by atoms with Gasteiger partial charge < -0.3 is 9.47 Å². The smallest absolute Gasteiger partial charge is 0.416 e. The first-order valence-electron chi connectivity index (χ1n) is 10.0. The molecule has 0 spiro atoms. The zero-order valence-electron chi connectivity index (χ0n) is 17.6. The number of hydrogen-bond acceptors (Lipinski definition) is 4. The predicted octanol–water partition coefficient (Wildman–Crippen LogP) is 4.95. The molecule has 0 aliphatic carbocycles. The average Bonchev–Trinajstić information content (AvgIpc) is 3.02. The van der Waals surface area contributed by atoms with E-state index in [0.717, 1.165) is 16.9 Å². The Morgan fingerprint density at radius 3 is 2.41 bits per heavy atom. The average molecular weight is 395 g/mol. The van der Waals surface area contributed by atoms with E-state index < -0.39 is 6.09 Å². The Labute approximate surface area is 172 Å². The molecule has 3 rings (SSSR count). The summed E-state index contributed by atoms with van der Waals surface area (Å²) in [5.41, 5.74) is 1.86. The first-order chi connectivity index (χ1) is 13.7. The molecule has 1 fully saturated rings. The maximum atomic E-state index is 12.9. The van der Waals surface area contributed by atoms with Gasteiger partial charge in [-0.15, -0.1) is 0 Å². The molecule has 0 aromatic heterocycles. The van der Waals surface area contributed by atoms with Gasteiger partial charge in [-0.25, -0.2) is 9.69 Å². The van der Waals surface area contributed by atoms with Crippen LogP contribution < -0.4 is 4.74 Å². The Morgan fingerprint density at radius 2 is 1.79 bits per heavy atom. The summed E-state index contributed by atoms with van der Waals surface area (Å²) in [6.07, 6.45) is 0.308. The van der Waals surface area contributed by atoms with Gasteiger partial charge in [-0.2, -0.15) is 0 Å². The summed E-state index contributed by atoms with van der Waals surface area (Å²) in [4.78, 5) is 26.4. The molecular formula is C24H29NO4. The fourth-order valence-corrected chi connectivity index (χ4v) is 3.50. The number of rotatable bonds is 6. The highest BCUT2D eigenvalue weighted by Gasteiger charge is 2.38. The van der Waals surface area contributed by atoms with Gasteiger partial charge >= 0.3 is 6.09 Å². The second-order valence-corrected chi connectivity index (χ2v) is 8.57. The van der Waals surface area contributed by atoms with Crippen molar-refractivity contribution in [2.75, 3.05) is 6.61 Å². The number of cyclic esters (lactones) is 1. The molecule has 1 aliphatic rings. The lowest BCUT2D eigenvalue weighted by Crippen LogP contribution is -2.40. The van der Waals surface area contributed by atoms with Gasteiger partial charge in [0.05, 0.1) is 6.04 Å². The van der Waals surface area contributed by atoms with E-state index in [1.807, 2.05) is 82.3 Å². The van der Waals surface area contributed by atoms with Crippen LogP contribution in [0.25, 0.3) is 0 Å². The van der Waals surface area contributed by atoms with Crippen molar-refractivity contribution in [1.29, 1.82) is 0 Å². The number of carbonyl (C=O) groups is 2. The Bertz CT molecular complexity index is 839. The molecule has 2 unspecified atom stereocenters. The van der Waals surface area contributed by atoms with E-state index in [-0.39, 0.29) is 36.5 Å². The third-order valence-corrected chi connectivity index (χ3v) is 4.90. The number of ether oxygens (including phenoxy) is 2. The number of imide groups is 1. The van der Waals surface area contributed by atoms with Crippen LogP contribution in [-0.2, 0) is 16.0 Å². The molecule has 0 bridgehead atoms. The van der Waals surface area contributed by atoms with E-state index in [4.69, 9.17) is 9.47 Å². The summed E-state index contributed by atoms with van der Waals surface area (Å²) < 4.78 is 11.0. The third-order valence-electron chi connectivity index (χ3n) is 4.90. The zero-order valence-corrected chi connectivity index (χ0v) is 17.6. The Hall–Kier alpha value is -2.82. The lowest BCUT2D eigenvalue weighted by Gasteiger charge is -2.23. The Morgan fingerprint density at radius 1 is 1.14 bits per heavy atom. The summed E-state index contributed by atoms with van der Waals surface area (Å²) >= 11 is 0. The van der Waals surface area contributed by atoms with Crippen molar-refractivity contribution in [1.82, 2.24) is 4.90 Å². The Balaban J connectivity index is 1.64. The van der Waals surface area contributed by atoms with Crippen molar-refractivity contribution in [3.63, 3.8) is 0 Å². The molecule has 2 atom stereocenters. The summed E-state index contributed by atoms with van der Waals surface area (Å²) in [5.74, 6) is 0.582. The lowest BCUT2D eigenvalue weighted by atomic mass is 9.96. The summed E-state index contributed by atoms with van der Waals surface area (Å²) in [5, 5.41) is 0. The minimum atomic E-state index is -0.544. The van der Waals surface area contributed by atoms with Crippen LogP contribution in [0.4, 0.5) is 4.79 Å². The van der Waals surface area contributed by atoms with Gasteiger partial charge in [-0.1, -0.05) is 49.4 Å². The molecule has 5 nitrogen and oxygen atoms in total. The van der Waals surface area contributed by atoms with Crippen LogP contribution in [0.2, 0.25) is 0 Å². The molecule has 2 aromatic rings. The second kappa shape index (κ2) is 8.68. The minimum Gasteiger partial charge on any atom is -0.488 e. The standard InChI is InChI=1S/C24H29NO4/c1-17(19-10-12-21(13-11-19)29-24(2,3)4)14-22(26)25-20(16-28-23(25)27)15-18-8-6-5-7-9-18/h5-13,17,20H,14-16H2,1-4H3. The molecule has 29 heavy (non-hydrogen) atoms. The summed E-state index contributed by atoms with van der Waals surface area (Å²) in [6.45, 7) is 8.24. The molecular weight excluding hydrogens is 366 g/mol. The highest BCUT2D eigenvalue weighted by atomic mass is 16.6. The van der Waals surface area contributed by atoms with Crippen molar-refractivity contribution < 1.29 is 19.1 Å². The molecule has 0 saturated carbocycles. The molecule has 2 amide bonds. The van der Waals surface area contributed by atoms with Crippen LogP contribution >= 0.6 is 0 Å². The van der Waals surface area contributed by atoms with E-state index >= 15 is 0 Å². The fraction of sp³-hybridized carbons (Fsp3) is 0.417. The van der Waals surface area contributed by atoms with Gasteiger partial charge in [0.15, 0.2) is 0 Å². The summed E-state index contributed by atoms with van der Waals surface area (Å²) in [6, 6.07) is 17.4. The normalized spacial score (nSPS) is 17.7. The van der Waals surface area contributed by atoms with Crippen molar-refractivity contribution >= 4 is 12.0 Å². The van der Waals surface area contributed by atoms with Gasteiger partial charge in [-0.05, 0) is 56.4 Å². The molecule has 2 aromatic carbocycles. The molecule has 1 saturated heterocycles. The highest BCUT2D eigenvalue weighted by molar-refractivity contribution is 5.93. The lowest BCUT2D eigenvalue weighted by molar-refractivity contribution is -0.129. The molecule has 154 valence electrons. The first-order valence-corrected chi connectivity index (χ1v) is 10.0. The quantitative estimate of drug-likeness (QED) is 0.695. The van der Waals surface area contributed by atoms with E-state index in [1.165, 1.54) is 4.90 Å². The van der Waals surface area contributed by atoms with Crippen LogP contribution in [0.1, 0.15) is 51.2 Å². The fourth-order valence-electron chi connectivity index (χ4n) is 3.50. The van der Waals surface area contributed by atoms with E-state index in [2.05, 4.69) is 0 Å². The first kappa shape index (κ1) is 20.9. The number of benzene rings is 2. The van der Waals surface area contributed by atoms with Crippen molar-refractivity contribution in [2.45, 2.75) is 58.1 Å². The zero-order chi connectivity index (χ0) is 21.0. The summed E-state index contributed by atoms with van der Waals surface area (Å²) in [7, 11) is 0. The van der Waals surface area contributed by atoms with Crippen molar-refractivity contribution in [3.05, 3.63) is 65.7 Å². The highest BCUT2D eigenvalue weighted by Crippen LogP contribution is 2.26. The van der Waals surface area contributed by atoms with Crippen LogP contribution in [-0.4, -0.2) is 35.2 Å². The maximum Gasteiger partial charge on any atom is 0.416 e. The van der Waals surface area contributed by atoms with Crippen molar-refractivity contribution in [2.24, 2.45) is 0 Å². The molecule has 1 heterocycles. The van der Waals surface area contributed by atoms with Crippen molar-refractivity contribution in [3.8, 4) is 5.75 Å². The monoisotopic (exact) mass is 395 g/mol. The molecule has 0 N–H and O–H groups in total. The largest absolute Gasteiger partial charge is 0.488 e. The number of nitrogens with zero attached hydrogens (tertiary/aromatic N) is 1. The van der Waals surface area contributed by atoms with Crippen LogP contribution in [0.5, 0.6) is 5.75 Å². The molecule has 1 aliphatic heterocycles. The van der Waals surface area contributed by atoms with Crippen LogP contribution in [0.15, 0.2) is 54.6 Å². The van der Waals surface area contributed by atoms with Crippen LogP contribution in [0.3, 0.4) is 0 Å². The van der Waals surface area contributed by atoms with E-state index in [0.29, 0.717) is 6.42 Å².